The van der Waals surface area contributed by atoms with E-state index in [0.717, 1.165) is 0 Å². The Morgan fingerprint density at radius 1 is 1.14 bits per heavy atom. The summed E-state index contributed by atoms with van der Waals surface area (Å²) in [5, 5.41) is 4.76. The molecule has 0 aliphatic rings. The Balaban J connectivity index is 3.53. The lowest BCUT2D eigenvalue weighted by atomic mass is 10.5. The molecule has 2 amide bonds. The van der Waals surface area contributed by atoms with Crippen molar-refractivity contribution in [1.29, 1.82) is 0 Å². The third kappa shape index (κ3) is 5.99. The van der Waals surface area contributed by atoms with Gasteiger partial charge in [0.15, 0.2) is 0 Å². The van der Waals surface area contributed by atoms with Crippen molar-refractivity contribution in [2.45, 2.75) is 13.8 Å². The van der Waals surface area contributed by atoms with E-state index in [4.69, 9.17) is 0 Å². The maximum absolute atomic E-state index is 10.9. The van der Waals surface area contributed by atoms with Crippen LogP contribution in [0, 0.1) is 0 Å². The topological polar surface area (TPSA) is 84.5 Å². The van der Waals surface area contributed by atoms with Crippen molar-refractivity contribution in [3.05, 3.63) is 0 Å². The number of esters is 1. The molecule has 0 fully saturated rings. The van der Waals surface area contributed by atoms with E-state index in [1.807, 2.05) is 0 Å². The summed E-state index contributed by atoms with van der Waals surface area (Å²) >= 11 is 0. The minimum atomic E-state index is -0.907. The van der Waals surface area contributed by atoms with Gasteiger partial charge >= 0.3 is 11.9 Å². The van der Waals surface area contributed by atoms with Crippen LogP contribution >= 0.6 is 0 Å². The molecule has 0 aromatic carbocycles. The van der Waals surface area contributed by atoms with Crippen molar-refractivity contribution < 1.29 is 19.1 Å². The summed E-state index contributed by atoms with van der Waals surface area (Å²) in [4.78, 5) is 32.0. The highest BCUT2D eigenvalue weighted by atomic mass is 16.5. The van der Waals surface area contributed by atoms with Gasteiger partial charge in [-0.25, -0.2) is 4.79 Å². The molecule has 0 heterocycles. The van der Waals surface area contributed by atoms with Gasteiger partial charge in [0.1, 0.15) is 0 Å². The Hall–Kier alpha value is -1.59. The van der Waals surface area contributed by atoms with Crippen LogP contribution in [0.3, 0.4) is 0 Å². The largest absolute Gasteiger partial charge is 0.459 e. The molecule has 14 heavy (non-hydrogen) atoms. The molecule has 0 saturated heterocycles. The maximum Gasteiger partial charge on any atom is 0.396 e. The standard InChI is InChI=1S/C8H14N2O4/c1-3-14-8(13)7(12)10-5-4-9-6(2)11/h3-5H2,1-2H3,(H,9,11)(H,10,12). The minimum absolute atomic E-state index is 0.165. The van der Waals surface area contributed by atoms with E-state index in [1.165, 1.54) is 6.92 Å². The number of hydrogen-bond donors (Lipinski definition) is 2. The van der Waals surface area contributed by atoms with Gasteiger partial charge in [-0.15, -0.1) is 0 Å². The van der Waals surface area contributed by atoms with Crippen LogP contribution in [-0.4, -0.2) is 37.5 Å². The molecule has 0 atom stereocenters. The first-order valence-electron chi connectivity index (χ1n) is 4.27. The number of rotatable bonds is 4. The van der Waals surface area contributed by atoms with Crippen molar-refractivity contribution in [3.63, 3.8) is 0 Å². The van der Waals surface area contributed by atoms with Crippen LogP contribution in [0.5, 0.6) is 0 Å². The first-order valence-corrected chi connectivity index (χ1v) is 4.27. The van der Waals surface area contributed by atoms with Gasteiger partial charge in [-0.2, -0.15) is 0 Å². The molecule has 0 unspecified atom stereocenters. The van der Waals surface area contributed by atoms with Crippen LogP contribution in [0.25, 0.3) is 0 Å². The smallest absolute Gasteiger partial charge is 0.396 e. The van der Waals surface area contributed by atoms with Crippen LogP contribution < -0.4 is 10.6 Å². The lowest BCUT2D eigenvalue weighted by Crippen LogP contribution is -2.38. The van der Waals surface area contributed by atoms with Gasteiger partial charge in [0.2, 0.25) is 5.91 Å². The highest BCUT2D eigenvalue weighted by Crippen LogP contribution is 1.77. The first kappa shape index (κ1) is 12.4. The normalized spacial score (nSPS) is 9.00. The van der Waals surface area contributed by atoms with Crippen molar-refractivity contribution in [1.82, 2.24) is 10.6 Å². The highest BCUT2D eigenvalue weighted by Gasteiger charge is 2.12. The summed E-state index contributed by atoms with van der Waals surface area (Å²) in [6, 6.07) is 0. The summed E-state index contributed by atoms with van der Waals surface area (Å²) in [6.07, 6.45) is 0. The average molecular weight is 202 g/mol. The van der Waals surface area contributed by atoms with Crippen molar-refractivity contribution in [3.8, 4) is 0 Å². The number of carbonyl (C=O) groups excluding carboxylic acids is 3. The molecule has 2 N–H and O–H groups in total. The van der Waals surface area contributed by atoms with E-state index in [1.54, 1.807) is 6.92 Å². The summed E-state index contributed by atoms with van der Waals surface area (Å²) in [7, 11) is 0. The number of carbonyl (C=O) groups is 3. The van der Waals surface area contributed by atoms with E-state index in [0.29, 0.717) is 6.54 Å². The van der Waals surface area contributed by atoms with Gasteiger partial charge in [0.25, 0.3) is 0 Å². The molecule has 6 heteroatoms. The number of amides is 2. The zero-order valence-electron chi connectivity index (χ0n) is 8.25. The molecule has 0 aliphatic carbocycles. The third-order valence-electron chi connectivity index (χ3n) is 1.25. The Labute approximate surface area is 82.0 Å². The Morgan fingerprint density at radius 3 is 2.21 bits per heavy atom. The Bertz CT molecular complexity index is 227. The molecular weight excluding hydrogens is 188 g/mol. The summed E-state index contributed by atoms with van der Waals surface area (Å²) in [6.45, 7) is 3.64. The molecule has 6 nitrogen and oxygen atoms in total. The Morgan fingerprint density at radius 2 is 1.71 bits per heavy atom. The Kier molecular flexibility index (Phi) is 6.09. The molecule has 0 radical (unpaired) electrons. The molecule has 0 aromatic rings. The molecule has 80 valence electrons. The average Bonchev–Trinajstić information content (AvgIpc) is 2.12. The predicted molar refractivity (Wildman–Crippen MR) is 48.3 cm³/mol. The van der Waals surface area contributed by atoms with Gasteiger partial charge in [-0.1, -0.05) is 0 Å². The summed E-state index contributed by atoms with van der Waals surface area (Å²) in [5.41, 5.74) is 0. The van der Waals surface area contributed by atoms with Gasteiger partial charge in [-0.3, -0.25) is 9.59 Å². The number of hydrogen-bond acceptors (Lipinski definition) is 4. The van der Waals surface area contributed by atoms with Gasteiger partial charge in [0, 0.05) is 20.0 Å². The first-order chi connectivity index (χ1) is 6.57. The van der Waals surface area contributed by atoms with Crippen molar-refractivity contribution in [2.24, 2.45) is 0 Å². The zero-order valence-corrected chi connectivity index (χ0v) is 8.25. The second kappa shape index (κ2) is 6.88. The van der Waals surface area contributed by atoms with E-state index in [-0.39, 0.29) is 19.1 Å². The summed E-state index contributed by atoms with van der Waals surface area (Å²) < 4.78 is 4.44. The monoisotopic (exact) mass is 202 g/mol. The van der Waals surface area contributed by atoms with Crippen molar-refractivity contribution in [2.75, 3.05) is 19.7 Å². The zero-order chi connectivity index (χ0) is 11.0. The third-order valence-corrected chi connectivity index (χ3v) is 1.25. The van der Waals surface area contributed by atoms with Gasteiger partial charge in [-0.05, 0) is 6.92 Å². The van der Waals surface area contributed by atoms with Crippen molar-refractivity contribution >= 4 is 17.8 Å². The van der Waals surface area contributed by atoms with Crippen LogP contribution in [0.4, 0.5) is 0 Å². The number of ether oxygens (including phenoxy) is 1. The lowest BCUT2D eigenvalue weighted by molar-refractivity contribution is -0.154. The number of nitrogens with one attached hydrogen (secondary N) is 2. The predicted octanol–water partition coefficient (Wildman–Crippen LogP) is -1.20. The van der Waals surface area contributed by atoms with Gasteiger partial charge < -0.3 is 15.4 Å². The molecule has 0 bridgehead atoms. The maximum atomic E-state index is 10.9. The van der Waals surface area contributed by atoms with Crippen LogP contribution in [0.15, 0.2) is 0 Å². The highest BCUT2D eigenvalue weighted by molar-refractivity contribution is 6.32. The molecule has 0 aliphatic heterocycles. The van der Waals surface area contributed by atoms with Crippen LogP contribution in [0.2, 0.25) is 0 Å². The fourth-order valence-corrected chi connectivity index (χ4v) is 0.683. The fourth-order valence-electron chi connectivity index (χ4n) is 0.683. The van der Waals surface area contributed by atoms with Crippen LogP contribution in [-0.2, 0) is 19.1 Å². The second-order valence-electron chi connectivity index (χ2n) is 2.46. The molecular formula is C8H14N2O4. The molecule has 0 saturated carbocycles. The van der Waals surface area contributed by atoms with E-state index >= 15 is 0 Å². The minimum Gasteiger partial charge on any atom is -0.459 e. The van der Waals surface area contributed by atoms with E-state index in [9.17, 15) is 14.4 Å². The van der Waals surface area contributed by atoms with E-state index < -0.39 is 11.9 Å². The fraction of sp³-hybridized carbons (Fsp3) is 0.625. The van der Waals surface area contributed by atoms with Crippen LogP contribution in [0.1, 0.15) is 13.8 Å². The lowest BCUT2D eigenvalue weighted by Gasteiger charge is -2.04. The molecule has 0 rings (SSSR count). The quantitative estimate of drug-likeness (QED) is 0.341. The van der Waals surface area contributed by atoms with E-state index in [2.05, 4.69) is 15.4 Å². The van der Waals surface area contributed by atoms with Gasteiger partial charge in [0.05, 0.1) is 6.61 Å². The second-order valence-corrected chi connectivity index (χ2v) is 2.46. The SMILES string of the molecule is CCOC(=O)C(=O)NCCNC(C)=O. The molecule has 0 spiro atoms. The summed E-state index contributed by atoms with van der Waals surface area (Å²) in [5.74, 6) is -1.89. The molecule has 0 aromatic heterocycles.